The molecule has 0 aromatic carbocycles. The molecule has 7 heteroatoms. The molecule has 0 spiro atoms. The largest absolute Gasteiger partial charge is 0.401 e. The summed E-state index contributed by atoms with van der Waals surface area (Å²) in [6.45, 7) is 0.693. The summed E-state index contributed by atoms with van der Waals surface area (Å²) < 4.78 is 37.1. The lowest BCUT2D eigenvalue weighted by Gasteiger charge is -2.37. The van der Waals surface area contributed by atoms with E-state index in [1.54, 1.807) is 0 Å². The number of rotatable bonds is 4. The molecule has 2 aliphatic carbocycles. The third-order valence-electron chi connectivity index (χ3n) is 5.92. The van der Waals surface area contributed by atoms with Crippen molar-refractivity contribution >= 4 is 5.91 Å². The van der Waals surface area contributed by atoms with Crippen LogP contribution < -0.4 is 11.1 Å². The van der Waals surface area contributed by atoms with Crippen molar-refractivity contribution in [2.75, 3.05) is 26.2 Å². The summed E-state index contributed by atoms with van der Waals surface area (Å²) in [5.74, 6) is 1.65. The van der Waals surface area contributed by atoms with Gasteiger partial charge in [0, 0.05) is 18.5 Å². The van der Waals surface area contributed by atoms with Gasteiger partial charge in [-0.3, -0.25) is 9.69 Å². The van der Waals surface area contributed by atoms with Gasteiger partial charge in [-0.15, -0.1) is 0 Å². The molecule has 1 amide bonds. The molecule has 132 valence electrons. The van der Waals surface area contributed by atoms with Crippen LogP contribution in [0.15, 0.2) is 0 Å². The van der Waals surface area contributed by atoms with Crippen LogP contribution in [0.1, 0.15) is 32.1 Å². The summed E-state index contributed by atoms with van der Waals surface area (Å²) in [7, 11) is 0. The summed E-state index contributed by atoms with van der Waals surface area (Å²) in [5.41, 5.74) is 5.96. The summed E-state index contributed by atoms with van der Waals surface area (Å²) in [4.78, 5) is 13.7. The summed E-state index contributed by atoms with van der Waals surface area (Å²) in [5, 5.41) is 3.02. The lowest BCUT2D eigenvalue weighted by Crippen LogP contribution is -2.44. The Morgan fingerprint density at radius 1 is 1.17 bits per heavy atom. The summed E-state index contributed by atoms with van der Waals surface area (Å²) in [6, 6.07) is 0.274. The van der Waals surface area contributed by atoms with Gasteiger partial charge >= 0.3 is 6.18 Å². The molecule has 0 aromatic rings. The van der Waals surface area contributed by atoms with Crippen LogP contribution >= 0.6 is 0 Å². The Morgan fingerprint density at radius 2 is 1.87 bits per heavy atom. The first-order valence-corrected chi connectivity index (χ1v) is 8.64. The van der Waals surface area contributed by atoms with Crippen LogP contribution in [0.3, 0.4) is 0 Å². The number of nitrogens with zero attached hydrogens (tertiary/aromatic N) is 1. The molecule has 2 saturated carbocycles. The predicted molar refractivity (Wildman–Crippen MR) is 80.5 cm³/mol. The molecule has 0 bridgehead atoms. The van der Waals surface area contributed by atoms with Crippen LogP contribution in [-0.2, 0) is 4.79 Å². The number of nitrogens with two attached hydrogens (primary N) is 1. The van der Waals surface area contributed by atoms with E-state index >= 15 is 0 Å². The minimum Gasteiger partial charge on any atom is -0.356 e. The quantitative estimate of drug-likeness (QED) is 0.824. The van der Waals surface area contributed by atoms with Crippen LogP contribution in [-0.4, -0.2) is 49.2 Å². The zero-order valence-corrected chi connectivity index (χ0v) is 13.3. The van der Waals surface area contributed by atoms with Gasteiger partial charge in [-0.1, -0.05) is 0 Å². The van der Waals surface area contributed by atoms with Crippen molar-refractivity contribution in [3.8, 4) is 0 Å². The molecular formula is C16H26F3N3O. The second kappa shape index (κ2) is 6.59. The smallest absolute Gasteiger partial charge is 0.356 e. The molecule has 1 heterocycles. The minimum absolute atomic E-state index is 0.0869. The summed E-state index contributed by atoms with van der Waals surface area (Å²) in [6.07, 6.45) is 0.222. The number of carbonyl (C=O) groups is 1. The van der Waals surface area contributed by atoms with Gasteiger partial charge in [0.15, 0.2) is 0 Å². The van der Waals surface area contributed by atoms with Crippen molar-refractivity contribution in [2.24, 2.45) is 29.4 Å². The van der Waals surface area contributed by atoms with Crippen molar-refractivity contribution in [1.29, 1.82) is 0 Å². The third kappa shape index (κ3) is 4.18. The van der Waals surface area contributed by atoms with Crippen LogP contribution in [0.5, 0.6) is 0 Å². The van der Waals surface area contributed by atoms with E-state index in [0.29, 0.717) is 37.4 Å². The maximum absolute atomic E-state index is 12.4. The molecule has 0 radical (unpaired) electrons. The molecule has 3 fully saturated rings. The molecule has 4 nitrogen and oxygen atoms in total. The van der Waals surface area contributed by atoms with E-state index in [4.69, 9.17) is 5.73 Å². The molecule has 23 heavy (non-hydrogen) atoms. The van der Waals surface area contributed by atoms with Crippen molar-refractivity contribution in [1.82, 2.24) is 10.2 Å². The number of hydrogen-bond donors (Lipinski definition) is 2. The number of nitrogens with one attached hydrogen (secondary N) is 1. The van der Waals surface area contributed by atoms with E-state index in [9.17, 15) is 18.0 Å². The monoisotopic (exact) mass is 333 g/mol. The van der Waals surface area contributed by atoms with E-state index < -0.39 is 12.7 Å². The summed E-state index contributed by atoms with van der Waals surface area (Å²) >= 11 is 0. The normalized spacial score (nSPS) is 35.7. The van der Waals surface area contributed by atoms with Gasteiger partial charge in [0.2, 0.25) is 5.91 Å². The number of carbonyl (C=O) groups excluding carboxylic acids is 1. The fourth-order valence-electron chi connectivity index (χ4n) is 4.49. The number of likely N-dealkylation sites (tertiary alicyclic amines) is 1. The zero-order chi connectivity index (χ0) is 16.6. The zero-order valence-electron chi connectivity index (χ0n) is 13.3. The Balaban J connectivity index is 1.34. The van der Waals surface area contributed by atoms with Gasteiger partial charge < -0.3 is 11.1 Å². The van der Waals surface area contributed by atoms with Crippen molar-refractivity contribution in [2.45, 2.75) is 44.3 Å². The molecule has 0 aromatic heterocycles. The molecule has 3 aliphatic rings. The van der Waals surface area contributed by atoms with Crippen LogP contribution in [0.4, 0.5) is 13.2 Å². The van der Waals surface area contributed by atoms with Crippen molar-refractivity contribution in [3.05, 3.63) is 0 Å². The number of hydrogen-bond acceptors (Lipinski definition) is 3. The highest BCUT2D eigenvalue weighted by Crippen LogP contribution is 2.48. The molecule has 1 unspecified atom stereocenters. The number of piperidine rings is 1. The molecule has 3 N–H and O–H groups in total. The van der Waals surface area contributed by atoms with E-state index in [0.717, 1.165) is 32.1 Å². The molecule has 3 rings (SSSR count). The molecule has 4 atom stereocenters. The van der Waals surface area contributed by atoms with E-state index in [1.807, 2.05) is 0 Å². The lowest BCUT2D eigenvalue weighted by molar-refractivity contribution is -0.148. The highest BCUT2D eigenvalue weighted by atomic mass is 19.4. The standard InChI is InChI=1S/C16H26F3N3O/c17-16(18,19)9-22-3-1-10(2-4-22)8-21-15(23)12-5-11-7-14(20)13(11)6-12/h10-14H,1-9,20H2,(H,21,23)/t11-,12?,13-,14+/m0/s1. The maximum Gasteiger partial charge on any atom is 0.401 e. The predicted octanol–water partition coefficient (Wildman–Crippen LogP) is 1.75. The van der Waals surface area contributed by atoms with Crippen LogP contribution in [0.2, 0.25) is 0 Å². The van der Waals surface area contributed by atoms with Gasteiger partial charge in [-0.2, -0.15) is 13.2 Å². The first-order valence-electron chi connectivity index (χ1n) is 8.64. The third-order valence-corrected chi connectivity index (χ3v) is 5.92. The Morgan fingerprint density at radius 3 is 2.43 bits per heavy atom. The van der Waals surface area contributed by atoms with Gasteiger partial charge in [0.25, 0.3) is 0 Å². The Kier molecular flexibility index (Phi) is 4.88. The van der Waals surface area contributed by atoms with E-state index in [2.05, 4.69) is 5.32 Å². The first kappa shape index (κ1) is 17.0. The second-order valence-corrected chi connectivity index (χ2v) is 7.57. The van der Waals surface area contributed by atoms with E-state index in [-0.39, 0.29) is 17.9 Å². The topological polar surface area (TPSA) is 58.4 Å². The first-order chi connectivity index (χ1) is 10.8. The number of fused-ring (bicyclic) bond motifs is 1. The van der Waals surface area contributed by atoms with Crippen molar-refractivity contribution in [3.63, 3.8) is 0 Å². The Bertz CT molecular complexity index is 435. The second-order valence-electron chi connectivity index (χ2n) is 7.57. The minimum atomic E-state index is -4.12. The van der Waals surface area contributed by atoms with Crippen LogP contribution in [0.25, 0.3) is 0 Å². The van der Waals surface area contributed by atoms with Gasteiger partial charge in [-0.05, 0) is 62.9 Å². The number of amides is 1. The van der Waals surface area contributed by atoms with Crippen LogP contribution in [0, 0.1) is 23.7 Å². The average molecular weight is 333 g/mol. The maximum atomic E-state index is 12.4. The van der Waals surface area contributed by atoms with Crippen molar-refractivity contribution < 1.29 is 18.0 Å². The number of alkyl halides is 3. The molecule has 1 aliphatic heterocycles. The number of halogens is 3. The van der Waals surface area contributed by atoms with Gasteiger partial charge in [0.05, 0.1) is 6.54 Å². The van der Waals surface area contributed by atoms with Gasteiger partial charge in [-0.25, -0.2) is 0 Å². The fourth-order valence-corrected chi connectivity index (χ4v) is 4.49. The average Bonchev–Trinajstić information content (AvgIpc) is 2.82. The fraction of sp³-hybridized carbons (Fsp3) is 0.938. The highest BCUT2D eigenvalue weighted by molar-refractivity contribution is 5.79. The highest BCUT2D eigenvalue weighted by Gasteiger charge is 2.47. The Hall–Kier alpha value is -0.820. The molecule has 1 saturated heterocycles. The lowest BCUT2D eigenvalue weighted by atomic mass is 9.72. The van der Waals surface area contributed by atoms with Gasteiger partial charge in [0.1, 0.15) is 0 Å². The Labute approximate surface area is 135 Å². The van der Waals surface area contributed by atoms with E-state index in [1.165, 1.54) is 4.90 Å². The molecular weight excluding hydrogens is 307 g/mol. The SMILES string of the molecule is N[C@@H]1C[C@@H]2CC(C(=O)NCC3CCN(CC(F)(F)F)CC3)C[C@@H]21.